The van der Waals surface area contributed by atoms with Gasteiger partial charge in [0.05, 0.1) is 5.56 Å². The molecule has 0 saturated heterocycles. The van der Waals surface area contributed by atoms with E-state index in [1.54, 1.807) is 24.5 Å². The number of esters is 1. The van der Waals surface area contributed by atoms with Crippen molar-refractivity contribution in [3.63, 3.8) is 0 Å². The van der Waals surface area contributed by atoms with E-state index in [0.29, 0.717) is 35.5 Å². The molecule has 4 rings (SSSR count). The number of halogens is 1. The van der Waals surface area contributed by atoms with Gasteiger partial charge in [0.15, 0.2) is 0 Å². The summed E-state index contributed by atoms with van der Waals surface area (Å²) in [7, 11) is 0. The lowest BCUT2D eigenvalue weighted by Crippen LogP contribution is -2.60. The lowest BCUT2D eigenvalue weighted by molar-refractivity contribution is -0.178. The van der Waals surface area contributed by atoms with Gasteiger partial charge in [-0.05, 0) is 58.1 Å². The summed E-state index contributed by atoms with van der Waals surface area (Å²) in [6.45, 7) is 7.31. The molecular weight excluding hydrogens is 406 g/mol. The second-order valence-corrected chi connectivity index (χ2v) is 9.97. The van der Waals surface area contributed by atoms with Crippen LogP contribution in [0.25, 0.3) is 11.3 Å². The molecule has 1 aliphatic heterocycles. The Labute approximate surface area is 180 Å². The van der Waals surface area contributed by atoms with Crippen LogP contribution in [0.15, 0.2) is 39.8 Å². The Morgan fingerprint density at radius 2 is 2.13 bits per heavy atom. The fourth-order valence-electron chi connectivity index (χ4n) is 4.70. The van der Waals surface area contributed by atoms with Crippen molar-refractivity contribution in [3.8, 4) is 17.1 Å². The highest BCUT2D eigenvalue weighted by atomic mass is 35.5. The highest BCUT2D eigenvalue weighted by Crippen LogP contribution is 2.50. The summed E-state index contributed by atoms with van der Waals surface area (Å²) < 4.78 is 17.7. The van der Waals surface area contributed by atoms with Gasteiger partial charge in [0, 0.05) is 41.7 Å². The van der Waals surface area contributed by atoms with Crippen molar-refractivity contribution in [1.29, 1.82) is 0 Å². The molecule has 1 fully saturated rings. The van der Waals surface area contributed by atoms with Gasteiger partial charge in [-0.15, -0.1) is 11.6 Å². The van der Waals surface area contributed by atoms with E-state index < -0.39 is 22.2 Å². The molecule has 2 aromatic heterocycles. The molecule has 3 heterocycles. The fraction of sp³-hybridized carbons (Fsp3) is 0.522. The fourth-order valence-corrected chi connectivity index (χ4v) is 4.87. The van der Waals surface area contributed by atoms with Gasteiger partial charge in [-0.3, -0.25) is 9.78 Å². The minimum absolute atomic E-state index is 0.0294. The first-order valence-electron chi connectivity index (χ1n) is 10.2. The molecule has 0 radical (unpaired) electrons. The summed E-state index contributed by atoms with van der Waals surface area (Å²) in [5, 5.41) is 0. The number of hydrogen-bond acceptors (Lipinski definition) is 6. The van der Waals surface area contributed by atoms with Crippen molar-refractivity contribution in [2.45, 2.75) is 63.5 Å². The predicted molar refractivity (Wildman–Crippen MR) is 113 cm³/mol. The van der Waals surface area contributed by atoms with Gasteiger partial charge in [-0.2, -0.15) is 0 Å². The highest BCUT2D eigenvalue weighted by molar-refractivity contribution is 6.23. The maximum Gasteiger partial charge on any atom is 0.343 e. The molecule has 7 heteroatoms. The SMILES string of the molecule is CC(=O)OC1CC(C(C)(C)Cl)CC2Cc3c(cc(-c4cccnc4)oc3=O)OC21C. The number of rotatable bonds is 3. The average Bonchev–Trinajstić information content (AvgIpc) is 2.66. The maximum atomic E-state index is 12.8. The molecule has 0 bridgehead atoms. The third kappa shape index (κ3) is 3.73. The zero-order chi connectivity index (χ0) is 21.7. The number of ether oxygens (including phenoxy) is 2. The van der Waals surface area contributed by atoms with E-state index >= 15 is 0 Å². The van der Waals surface area contributed by atoms with Gasteiger partial charge in [0.2, 0.25) is 0 Å². The van der Waals surface area contributed by atoms with E-state index in [0.717, 1.165) is 6.42 Å². The molecule has 6 nitrogen and oxygen atoms in total. The minimum Gasteiger partial charge on any atom is -0.483 e. The lowest BCUT2D eigenvalue weighted by atomic mass is 9.64. The first-order chi connectivity index (χ1) is 14.1. The molecular formula is C23H26ClNO5. The third-order valence-electron chi connectivity index (χ3n) is 6.53. The van der Waals surface area contributed by atoms with Crippen LogP contribution in [0.3, 0.4) is 0 Å². The van der Waals surface area contributed by atoms with Gasteiger partial charge in [0.1, 0.15) is 23.2 Å². The Kier molecular flexibility index (Phi) is 5.17. The van der Waals surface area contributed by atoms with Crippen molar-refractivity contribution < 1.29 is 18.7 Å². The Morgan fingerprint density at radius 1 is 1.37 bits per heavy atom. The molecule has 4 atom stereocenters. The molecule has 0 aromatic carbocycles. The second kappa shape index (κ2) is 7.41. The average molecular weight is 432 g/mol. The normalized spacial score (nSPS) is 28.1. The number of nitrogens with zero attached hydrogens (tertiary/aromatic N) is 1. The smallest absolute Gasteiger partial charge is 0.343 e. The van der Waals surface area contributed by atoms with Crippen LogP contribution in [-0.4, -0.2) is 27.5 Å². The topological polar surface area (TPSA) is 78.6 Å². The highest BCUT2D eigenvalue weighted by Gasteiger charge is 2.55. The van der Waals surface area contributed by atoms with Crippen molar-refractivity contribution >= 4 is 17.6 Å². The van der Waals surface area contributed by atoms with E-state index in [-0.39, 0.29) is 17.8 Å². The van der Waals surface area contributed by atoms with Gasteiger partial charge in [-0.1, -0.05) is 0 Å². The van der Waals surface area contributed by atoms with Crippen molar-refractivity contribution in [3.05, 3.63) is 46.6 Å². The van der Waals surface area contributed by atoms with Gasteiger partial charge >= 0.3 is 11.6 Å². The number of alkyl halides is 1. The van der Waals surface area contributed by atoms with E-state index in [2.05, 4.69) is 4.98 Å². The Bertz CT molecular complexity index is 1010. The molecule has 2 aliphatic rings. The van der Waals surface area contributed by atoms with Crippen LogP contribution in [-0.2, 0) is 16.0 Å². The van der Waals surface area contributed by atoms with Crippen molar-refractivity contribution in [2.24, 2.45) is 11.8 Å². The molecule has 2 aromatic rings. The molecule has 160 valence electrons. The Balaban J connectivity index is 1.76. The summed E-state index contributed by atoms with van der Waals surface area (Å²) in [4.78, 5) is 28.3. The summed E-state index contributed by atoms with van der Waals surface area (Å²) in [6, 6.07) is 5.33. The number of aromatic nitrogens is 1. The second-order valence-electron chi connectivity index (χ2n) is 9.00. The Morgan fingerprint density at radius 3 is 2.77 bits per heavy atom. The van der Waals surface area contributed by atoms with Crippen molar-refractivity contribution in [1.82, 2.24) is 4.98 Å². The van der Waals surface area contributed by atoms with E-state index in [9.17, 15) is 9.59 Å². The van der Waals surface area contributed by atoms with E-state index in [4.69, 9.17) is 25.5 Å². The first-order valence-corrected chi connectivity index (χ1v) is 10.6. The zero-order valence-corrected chi connectivity index (χ0v) is 18.4. The molecule has 0 spiro atoms. The van der Waals surface area contributed by atoms with Gasteiger partial charge < -0.3 is 13.9 Å². The summed E-state index contributed by atoms with van der Waals surface area (Å²) >= 11 is 6.64. The van der Waals surface area contributed by atoms with Crippen LogP contribution in [0.2, 0.25) is 0 Å². The van der Waals surface area contributed by atoms with E-state index in [1.165, 1.54) is 6.92 Å². The number of fused-ring (bicyclic) bond motifs is 2. The minimum atomic E-state index is -0.753. The van der Waals surface area contributed by atoms with E-state index in [1.807, 2.05) is 26.8 Å². The van der Waals surface area contributed by atoms with Crippen LogP contribution in [0.5, 0.6) is 5.75 Å². The number of carbonyl (C=O) groups is 1. The van der Waals surface area contributed by atoms with Gasteiger partial charge in [-0.25, -0.2) is 4.79 Å². The summed E-state index contributed by atoms with van der Waals surface area (Å²) in [5.41, 5.74) is 0.0407. The van der Waals surface area contributed by atoms with Crippen molar-refractivity contribution in [2.75, 3.05) is 0 Å². The monoisotopic (exact) mass is 431 g/mol. The quantitative estimate of drug-likeness (QED) is 0.530. The van der Waals surface area contributed by atoms with Crippen LogP contribution < -0.4 is 10.4 Å². The largest absolute Gasteiger partial charge is 0.483 e. The summed E-state index contributed by atoms with van der Waals surface area (Å²) in [5.74, 6) is 0.607. The van der Waals surface area contributed by atoms with Crippen LogP contribution in [0.4, 0.5) is 0 Å². The number of pyridine rings is 1. The Hall–Kier alpha value is -2.34. The molecule has 0 N–H and O–H groups in total. The van der Waals surface area contributed by atoms with Crippen LogP contribution in [0.1, 0.15) is 46.1 Å². The molecule has 4 unspecified atom stereocenters. The molecule has 0 amide bonds. The standard InChI is InChI=1S/C23H26ClNO5/c1-13(26)28-20-10-15(22(2,3)24)8-16-9-17-19(30-23(16,20)4)11-18(29-21(17)27)14-6-5-7-25-12-14/h5-7,11-12,15-16,20H,8-10H2,1-4H3. The van der Waals surface area contributed by atoms with Crippen LogP contribution >= 0.6 is 11.6 Å². The molecule has 1 saturated carbocycles. The lowest BCUT2D eigenvalue weighted by Gasteiger charge is -2.52. The van der Waals surface area contributed by atoms with Crippen LogP contribution in [0, 0.1) is 11.8 Å². The zero-order valence-electron chi connectivity index (χ0n) is 17.6. The first kappa shape index (κ1) is 20.9. The summed E-state index contributed by atoms with van der Waals surface area (Å²) in [6.07, 6.45) is 4.70. The number of hydrogen-bond donors (Lipinski definition) is 0. The van der Waals surface area contributed by atoms with Gasteiger partial charge in [0.25, 0.3) is 0 Å². The molecule has 30 heavy (non-hydrogen) atoms. The third-order valence-corrected chi connectivity index (χ3v) is 6.84. The number of carbonyl (C=O) groups excluding carboxylic acids is 1. The predicted octanol–water partition coefficient (Wildman–Crippen LogP) is 4.37. The maximum absolute atomic E-state index is 12.8. The molecule has 1 aliphatic carbocycles.